The van der Waals surface area contributed by atoms with E-state index < -0.39 is 5.60 Å². The highest BCUT2D eigenvalue weighted by atomic mass is 16.5. The molecule has 0 bridgehead atoms. The maximum atomic E-state index is 10.7. The lowest BCUT2D eigenvalue weighted by molar-refractivity contribution is -0.141. The predicted octanol–water partition coefficient (Wildman–Crippen LogP) is 3.23. The molecule has 1 aliphatic carbocycles. The molecule has 2 nitrogen and oxygen atoms in total. The third kappa shape index (κ3) is 1.82. The van der Waals surface area contributed by atoms with Gasteiger partial charge in [0.2, 0.25) is 0 Å². The second kappa shape index (κ2) is 4.38. The van der Waals surface area contributed by atoms with Crippen molar-refractivity contribution in [3.05, 3.63) is 48.0 Å². The lowest BCUT2D eigenvalue weighted by Crippen LogP contribution is -2.46. The predicted molar refractivity (Wildman–Crippen MR) is 72.5 cm³/mol. The van der Waals surface area contributed by atoms with Crippen molar-refractivity contribution < 1.29 is 9.84 Å². The highest BCUT2D eigenvalue weighted by Crippen LogP contribution is 2.45. The van der Waals surface area contributed by atoms with E-state index in [0.29, 0.717) is 12.8 Å². The SMILES string of the molecule is CCOC1CC(O)(c2cccc3ccccc23)C1. The molecule has 3 rings (SSSR count). The van der Waals surface area contributed by atoms with Crippen LogP contribution in [0.3, 0.4) is 0 Å². The quantitative estimate of drug-likeness (QED) is 0.895. The molecule has 0 amide bonds. The Labute approximate surface area is 107 Å². The molecule has 18 heavy (non-hydrogen) atoms. The summed E-state index contributed by atoms with van der Waals surface area (Å²) in [6, 6.07) is 14.3. The molecule has 0 spiro atoms. The topological polar surface area (TPSA) is 29.5 Å². The Bertz CT molecular complexity index is 551. The summed E-state index contributed by atoms with van der Waals surface area (Å²) in [4.78, 5) is 0. The fraction of sp³-hybridized carbons (Fsp3) is 0.375. The van der Waals surface area contributed by atoms with E-state index in [2.05, 4.69) is 18.2 Å². The number of hydrogen-bond acceptors (Lipinski definition) is 2. The molecule has 1 N–H and O–H groups in total. The second-order valence-electron chi connectivity index (χ2n) is 5.04. The van der Waals surface area contributed by atoms with Gasteiger partial charge in [0.15, 0.2) is 0 Å². The summed E-state index contributed by atoms with van der Waals surface area (Å²) in [6.07, 6.45) is 1.61. The first kappa shape index (κ1) is 11.7. The molecular weight excluding hydrogens is 224 g/mol. The van der Waals surface area contributed by atoms with Crippen LogP contribution in [0.5, 0.6) is 0 Å². The molecule has 0 unspecified atom stereocenters. The van der Waals surface area contributed by atoms with Crippen LogP contribution in [-0.4, -0.2) is 17.8 Å². The fourth-order valence-electron chi connectivity index (χ4n) is 2.90. The lowest BCUT2D eigenvalue weighted by Gasteiger charge is -2.44. The smallest absolute Gasteiger partial charge is 0.0951 e. The van der Waals surface area contributed by atoms with Crippen LogP contribution in [0.4, 0.5) is 0 Å². The van der Waals surface area contributed by atoms with Crippen LogP contribution < -0.4 is 0 Å². The average Bonchev–Trinajstić information content (AvgIpc) is 2.36. The van der Waals surface area contributed by atoms with Gasteiger partial charge in [-0.2, -0.15) is 0 Å². The van der Waals surface area contributed by atoms with Gasteiger partial charge in [-0.05, 0) is 23.3 Å². The number of hydrogen-bond donors (Lipinski definition) is 1. The summed E-state index contributed by atoms with van der Waals surface area (Å²) in [5, 5.41) is 13.0. The van der Waals surface area contributed by atoms with Crippen LogP contribution in [0.2, 0.25) is 0 Å². The minimum atomic E-state index is -0.708. The third-order valence-corrected chi connectivity index (χ3v) is 3.82. The zero-order valence-corrected chi connectivity index (χ0v) is 10.6. The van der Waals surface area contributed by atoms with Crippen LogP contribution in [0.25, 0.3) is 10.8 Å². The summed E-state index contributed by atoms with van der Waals surface area (Å²) >= 11 is 0. The van der Waals surface area contributed by atoms with E-state index in [-0.39, 0.29) is 6.10 Å². The van der Waals surface area contributed by atoms with E-state index >= 15 is 0 Å². The Hall–Kier alpha value is -1.38. The normalized spacial score (nSPS) is 27.1. The molecular formula is C16H18O2. The van der Waals surface area contributed by atoms with Gasteiger partial charge in [-0.25, -0.2) is 0 Å². The largest absolute Gasteiger partial charge is 0.385 e. The van der Waals surface area contributed by atoms with Crippen molar-refractivity contribution in [3.63, 3.8) is 0 Å². The molecule has 2 aromatic rings. The van der Waals surface area contributed by atoms with Crippen molar-refractivity contribution in [2.75, 3.05) is 6.61 Å². The minimum absolute atomic E-state index is 0.207. The summed E-state index contributed by atoms with van der Waals surface area (Å²) in [5.74, 6) is 0. The van der Waals surface area contributed by atoms with Gasteiger partial charge in [0, 0.05) is 19.4 Å². The molecule has 2 heteroatoms. The lowest BCUT2D eigenvalue weighted by atomic mass is 9.71. The van der Waals surface area contributed by atoms with Crippen molar-refractivity contribution >= 4 is 10.8 Å². The zero-order valence-electron chi connectivity index (χ0n) is 10.6. The van der Waals surface area contributed by atoms with Crippen molar-refractivity contribution in [2.45, 2.75) is 31.5 Å². The number of aliphatic hydroxyl groups is 1. The molecule has 0 atom stereocenters. The number of fused-ring (bicyclic) bond motifs is 1. The van der Waals surface area contributed by atoms with Crippen LogP contribution >= 0.6 is 0 Å². The number of rotatable bonds is 3. The van der Waals surface area contributed by atoms with E-state index in [1.807, 2.05) is 31.2 Å². The standard InChI is InChI=1S/C16H18O2/c1-2-18-13-10-16(17,11-13)15-9-5-7-12-6-3-4-8-14(12)15/h3-9,13,17H,2,10-11H2,1H3. The number of ether oxygens (including phenoxy) is 1. The Balaban J connectivity index is 1.96. The third-order valence-electron chi connectivity index (χ3n) is 3.82. The number of benzene rings is 2. The van der Waals surface area contributed by atoms with Crippen molar-refractivity contribution in [2.24, 2.45) is 0 Å². The molecule has 0 aliphatic heterocycles. The van der Waals surface area contributed by atoms with Crippen molar-refractivity contribution in [1.29, 1.82) is 0 Å². The van der Waals surface area contributed by atoms with Crippen LogP contribution in [0.1, 0.15) is 25.3 Å². The Kier molecular flexibility index (Phi) is 2.84. The highest BCUT2D eigenvalue weighted by Gasteiger charge is 2.45. The Morgan fingerprint density at radius 2 is 1.89 bits per heavy atom. The summed E-state index contributed by atoms with van der Waals surface area (Å²) < 4.78 is 5.55. The van der Waals surface area contributed by atoms with Crippen molar-refractivity contribution in [1.82, 2.24) is 0 Å². The molecule has 1 saturated carbocycles. The molecule has 2 aromatic carbocycles. The fourth-order valence-corrected chi connectivity index (χ4v) is 2.90. The van der Waals surface area contributed by atoms with Gasteiger partial charge in [-0.3, -0.25) is 0 Å². The summed E-state index contributed by atoms with van der Waals surface area (Å²) in [6.45, 7) is 2.71. The van der Waals surface area contributed by atoms with Gasteiger partial charge in [0.25, 0.3) is 0 Å². The highest BCUT2D eigenvalue weighted by molar-refractivity contribution is 5.86. The second-order valence-corrected chi connectivity index (χ2v) is 5.04. The van der Waals surface area contributed by atoms with Crippen molar-refractivity contribution in [3.8, 4) is 0 Å². The Morgan fingerprint density at radius 3 is 2.67 bits per heavy atom. The van der Waals surface area contributed by atoms with Gasteiger partial charge in [-0.1, -0.05) is 42.5 Å². The van der Waals surface area contributed by atoms with Gasteiger partial charge in [0.05, 0.1) is 11.7 Å². The first-order valence-electron chi connectivity index (χ1n) is 6.55. The Morgan fingerprint density at radius 1 is 1.17 bits per heavy atom. The average molecular weight is 242 g/mol. The maximum absolute atomic E-state index is 10.7. The zero-order chi connectivity index (χ0) is 12.6. The maximum Gasteiger partial charge on any atom is 0.0951 e. The molecule has 0 saturated heterocycles. The monoisotopic (exact) mass is 242 g/mol. The molecule has 94 valence electrons. The first-order valence-corrected chi connectivity index (χ1v) is 6.55. The molecule has 1 aliphatic rings. The van der Waals surface area contributed by atoms with Gasteiger partial charge in [0.1, 0.15) is 0 Å². The van der Waals surface area contributed by atoms with E-state index in [4.69, 9.17) is 4.74 Å². The van der Waals surface area contributed by atoms with Crippen LogP contribution in [-0.2, 0) is 10.3 Å². The minimum Gasteiger partial charge on any atom is -0.385 e. The first-order chi connectivity index (χ1) is 8.73. The van der Waals surface area contributed by atoms with Gasteiger partial charge < -0.3 is 9.84 Å². The van der Waals surface area contributed by atoms with E-state index in [1.54, 1.807) is 0 Å². The molecule has 1 fully saturated rings. The molecule has 0 heterocycles. The van der Waals surface area contributed by atoms with Gasteiger partial charge >= 0.3 is 0 Å². The summed E-state index contributed by atoms with van der Waals surface area (Å²) in [5.41, 5.74) is 0.331. The van der Waals surface area contributed by atoms with E-state index in [0.717, 1.165) is 17.6 Å². The van der Waals surface area contributed by atoms with Crippen LogP contribution in [0, 0.1) is 0 Å². The van der Waals surface area contributed by atoms with Gasteiger partial charge in [-0.15, -0.1) is 0 Å². The van der Waals surface area contributed by atoms with Crippen LogP contribution in [0.15, 0.2) is 42.5 Å². The molecule has 0 radical (unpaired) electrons. The molecule has 0 aromatic heterocycles. The summed E-state index contributed by atoms with van der Waals surface area (Å²) in [7, 11) is 0. The van der Waals surface area contributed by atoms with E-state index in [1.165, 1.54) is 5.39 Å². The van der Waals surface area contributed by atoms with E-state index in [9.17, 15) is 5.11 Å².